The van der Waals surface area contributed by atoms with Gasteiger partial charge in [-0.25, -0.2) is 4.39 Å². The van der Waals surface area contributed by atoms with Crippen LogP contribution in [0.2, 0.25) is 10.0 Å². The van der Waals surface area contributed by atoms with Crippen molar-refractivity contribution in [2.75, 3.05) is 0 Å². The molecule has 100 valence electrons. The summed E-state index contributed by atoms with van der Waals surface area (Å²) in [6.45, 7) is 0. The summed E-state index contributed by atoms with van der Waals surface area (Å²) < 4.78 is 13.8. The highest BCUT2D eigenvalue weighted by molar-refractivity contribution is 9.10. The van der Waals surface area contributed by atoms with Gasteiger partial charge in [-0.2, -0.15) is 0 Å². The van der Waals surface area contributed by atoms with Crippen LogP contribution in [-0.2, 0) is 6.42 Å². The molecule has 5 heteroatoms. The van der Waals surface area contributed by atoms with Crippen molar-refractivity contribution in [2.24, 2.45) is 0 Å². The molecule has 0 aliphatic rings. The summed E-state index contributed by atoms with van der Waals surface area (Å²) in [7, 11) is 0. The molecule has 0 aliphatic carbocycles. The van der Waals surface area contributed by atoms with E-state index in [1.165, 1.54) is 12.1 Å². The lowest BCUT2D eigenvalue weighted by Crippen LogP contribution is -2.02. The molecule has 1 nitrogen and oxygen atoms in total. The predicted octanol–water partition coefficient (Wildman–Crippen LogP) is 5.17. The zero-order chi connectivity index (χ0) is 14.0. The highest BCUT2D eigenvalue weighted by Gasteiger charge is 2.11. The molecule has 0 saturated carbocycles. The third-order valence-corrected chi connectivity index (χ3v) is 3.65. The van der Waals surface area contributed by atoms with Gasteiger partial charge >= 0.3 is 0 Å². The Kier molecular flexibility index (Phi) is 4.85. The van der Waals surface area contributed by atoms with Gasteiger partial charge in [0.1, 0.15) is 5.82 Å². The topological polar surface area (TPSA) is 20.2 Å². The maximum absolute atomic E-state index is 13.0. The van der Waals surface area contributed by atoms with E-state index in [0.717, 1.165) is 10.0 Å². The highest BCUT2D eigenvalue weighted by atomic mass is 79.9. The van der Waals surface area contributed by atoms with Gasteiger partial charge in [-0.05, 0) is 41.5 Å². The predicted molar refractivity (Wildman–Crippen MR) is 79.2 cm³/mol. The molecular formula is C14H10BrCl2FO. The van der Waals surface area contributed by atoms with Crippen molar-refractivity contribution >= 4 is 39.1 Å². The fourth-order valence-corrected chi connectivity index (χ4v) is 2.86. The van der Waals surface area contributed by atoms with E-state index in [4.69, 9.17) is 23.2 Å². The lowest BCUT2D eigenvalue weighted by atomic mass is 10.0. The molecule has 1 atom stereocenters. The normalized spacial score (nSPS) is 12.5. The van der Waals surface area contributed by atoms with Crippen LogP contribution in [-0.4, -0.2) is 5.11 Å². The Balaban J connectivity index is 2.20. The lowest BCUT2D eigenvalue weighted by molar-refractivity contribution is 0.178. The van der Waals surface area contributed by atoms with Crippen LogP contribution in [0, 0.1) is 5.82 Å². The van der Waals surface area contributed by atoms with Crippen LogP contribution in [0.25, 0.3) is 0 Å². The van der Waals surface area contributed by atoms with Crippen molar-refractivity contribution in [3.05, 3.63) is 67.9 Å². The van der Waals surface area contributed by atoms with E-state index in [1.807, 2.05) is 0 Å². The van der Waals surface area contributed by atoms with Gasteiger partial charge in [-0.15, -0.1) is 0 Å². The highest BCUT2D eigenvalue weighted by Crippen LogP contribution is 2.27. The Morgan fingerprint density at radius 3 is 2.53 bits per heavy atom. The summed E-state index contributed by atoms with van der Waals surface area (Å²) in [5.74, 6) is -0.467. The van der Waals surface area contributed by atoms with Crippen LogP contribution < -0.4 is 0 Å². The summed E-state index contributed by atoms with van der Waals surface area (Å²) in [4.78, 5) is 0. The molecule has 0 amide bonds. The van der Waals surface area contributed by atoms with E-state index in [1.54, 1.807) is 24.3 Å². The van der Waals surface area contributed by atoms with Crippen molar-refractivity contribution in [2.45, 2.75) is 12.5 Å². The first-order chi connectivity index (χ1) is 8.95. The number of hydrogen-bond acceptors (Lipinski definition) is 1. The van der Waals surface area contributed by atoms with Gasteiger partial charge in [-0.3, -0.25) is 0 Å². The van der Waals surface area contributed by atoms with E-state index in [0.29, 0.717) is 17.0 Å². The molecule has 0 spiro atoms. The number of aliphatic hydroxyl groups excluding tert-OH is 1. The Morgan fingerprint density at radius 2 is 1.89 bits per heavy atom. The molecule has 0 saturated heterocycles. The average molecular weight is 364 g/mol. The second kappa shape index (κ2) is 6.23. The largest absolute Gasteiger partial charge is 0.388 e. The third-order valence-electron chi connectivity index (χ3n) is 2.68. The SMILES string of the molecule is OC(Cc1ccc(F)c(Cl)c1)c1cc(Cl)cc(Br)c1. The van der Waals surface area contributed by atoms with E-state index >= 15 is 0 Å². The van der Waals surface area contributed by atoms with E-state index in [-0.39, 0.29) is 5.02 Å². The number of rotatable bonds is 3. The van der Waals surface area contributed by atoms with Crippen LogP contribution in [0.1, 0.15) is 17.2 Å². The molecule has 0 radical (unpaired) electrons. The standard InChI is InChI=1S/C14H10BrCl2FO/c15-10-5-9(6-11(16)7-10)14(19)4-8-1-2-13(18)12(17)3-8/h1-3,5-7,14,19H,4H2. The van der Waals surface area contributed by atoms with Crippen molar-refractivity contribution in [3.63, 3.8) is 0 Å². The van der Waals surface area contributed by atoms with E-state index in [9.17, 15) is 9.50 Å². The molecule has 2 aromatic carbocycles. The third kappa shape index (κ3) is 3.93. The zero-order valence-electron chi connectivity index (χ0n) is 9.71. The van der Waals surface area contributed by atoms with E-state index in [2.05, 4.69) is 15.9 Å². The van der Waals surface area contributed by atoms with Gasteiger partial charge in [0.15, 0.2) is 0 Å². The molecule has 0 aliphatic heterocycles. The number of halogens is 4. The minimum atomic E-state index is -0.725. The second-order valence-corrected chi connectivity index (χ2v) is 5.93. The first-order valence-corrected chi connectivity index (χ1v) is 7.08. The van der Waals surface area contributed by atoms with Crippen molar-refractivity contribution in [1.29, 1.82) is 0 Å². The van der Waals surface area contributed by atoms with Gasteiger partial charge in [-0.1, -0.05) is 45.2 Å². The molecule has 0 fully saturated rings. The zero-order valence-corrected chi connectivity index (χ0v) is 12.8. The van der Waals surface area contributed by atoms with E-state index < -0.39 is 11.9 Å². The quantitative estimate of drug-likeness (QED) is 0.797. The lowest BCUT2D eigenvalue weighted by Gasteiger charge is -2.12. The van der Waals surface area contributed by atoms with Crippen molar-refractivity contribution < 1.29 is 9.50 Å². The number of benzene rings is 2. The molecule has 19 heavy (non-hydrogen) atoms. The van der Waals surface area contributed by atoms with Gasteiger partial charge in [0.2, 0.25) is 0 Å². The molecular weight excluding hydrogens is 354 g/mol. The Bertz CT molecular complexity index is 584. The second-order valence-electron chi connectivity index (χ2n) is 4.17. The summed E-state index contributed by atoms with van der Waals surface area (Å²) in [5.41, 5.74) is 1.45. The van der Waals surface area contributed by atoms with Crippen LogP contribution in [0.4, 0.5) is 4.39 Å². The summed E-state index contributed by atoms with van der Waals surface area (Å²) in [5, 5.41) is 10.8. The molecule has 2 aromatic rings. The fourth-order valence-electron chi connectivity index (χ4n) is 1.78. The first-order valence-electron chi connectivity index (χ1n) is 5.53. The summed E-state index contributed by atoms with van der Waals surface area (Å²) >= 11 is 15.0. The molecule has 2 rings (SSSR count). The van der Waals surface area contributed by atoms with Gasteiger partial charge in [0.25, 0.3) is 0 Å². The maximum Gasteiger partial charge on any atom is 0.141 e. The van der Waals surface area contributed by atoms with Crippen LogP contribution in [0.3, 0.4) is 0 Å². The smallest absolute Gasteiger partial charge is 0.141 e. The monoisotopic (exact) mass is 362 g/mol. The molecule has 0 heterocycles. The van der Waals surface area contributed by atoms with Gasteiger partial charge in [0.05, 0.1) is 11.1 Å². The van der Waals surface area contributed by atoms with Crippen molar-refractivity contribution in [3.8, 4) is 0 Å². The Labute approximate surface area is 129 Å². The van der Waals surface area contributed by atoms with Crippen LogP contribution in [0.5, 0.6) is 0 Å². The number of aliphatic hydroxyl groups is 1. The first kappa shape index (κ1) is 14.8. The number of hydrogen-bond donors (Lipinski definition) is 1. The van der Waals surface area contributed by atoms with Crippen molar-refractivity contribution in [1.82, 2.24) is 0 Å². The summed E-state index contributed by atoms with van der Waals surface area (Å²) in [6.07, 6.45) is -0.385. The van der Waals surface area contributed by atoms with Crippen LogP contribution >= 0.6 is 39.1 Å². The average Bonchev–Trinajstić information content (AvgIpc) is 2.32. The Hall–Kier alpha value is -0.610. The van der Waals surface area contributed by atoms with Crippen LogP contribution in [0.15, 0.2) is 40.9 Å². The fraction of sp³-hybridized carbons (Fsp3) is 0.143. The molecule has 1 unspecified atom stereocenters. The van der Waals surface area contributed by atoms with Gasteiger partial charge < -0.3 is 5.11 Å². The maximum atomic E-state index is 13.0. The minimum Gasteiger partial charge on any atom is -0.388 e. The van der Waals surface area contributed by atoms with Gasteiger partial charge in [0, 0.05) is 15.9 Å². The minimum absolute atomic E-state index is 0.0528. The molecule has 0 aromatic heterocycles. The Morgan fingerprint density at radius 1 is 1.16 bits per heavy atom. The molecule has 1 N–H and O–H groups in total. The summed E-state index contributed by atoms with van der Waals surface area (Å²) in [6, 6.07) is 9.64. The molecule has 0 bridgehead atoms.